The zero-order valence-electron chi connectivity index (χ0n) is 9.84. The van der Waals surface area contributed by atoms with E-state index in [1.807, 2.05) is 11.8 Å². The topological polar surface area (TPSA) is 0 Å². The molecule has 0 radical (unpaired) electrons. The van der Waals surface area contributed by atoms with Gasteiger partial charge in [0.15, 0.2) is 0 Å². The van der Waals surface area contributed by atoms with Crippen LogP contribution in [0.4, 0.5) is 0 Å². The SMILES string of the molecule is CSc1ccccc1Sc1ccccc1SC. The monoisotopic (exact) mass is 278 g/mol. The van der Waals surface area contributed by atoms with Crippen molar-refractivity contribution in [3.63, 3.8) is 0 Å². The first-order chi connectivity index (χ1) is 8.35. The Labute approximate surface area is 116 Å². The van der Waals surface area contributed by atoms with Crippen LogP contribution in [0, 0.1) is 0 Å². The van der Waals surface area contributed by atoms with Crippen LogP contribution in [-0.2, 0) is 0 Å². The van der Waals surface area contributed by atoms with E-state index in [1.165, 1.54) is 19.6 Å². The number of benzene rings is 2. The number of hydrogen-bond acceptors (Lipinski definition) is 3. The molecular weight excluding hydrogens is 264 g/mol. The van der Waals surface area contributed by atoms with Gasteiger partial charge in [0.1, 0.15) is 0 Å². The van der Waals surface area contributed by atoms with Gasteiger partial charge in [0, 0.05) is 19.6 Å². The highest BCUT2D eigenvalue weighted by Crippen LogP contribution is 2.38. The molecule has 2 rings (SSSR count). The second kappa shape index (κ2) is 6.43. The van der Waals surface area contributed by atoms with Gasteiger partial charge in [-0.05, 0) is 36.8 Å². The maximum Gasteiger partial charge on any atom is 0.0258 e. The van der Waals surface area contributed by atoms with Crippen molar-refractivity contribution in [3.05, 3.63) is 48.5 Å². The van der Waals surface area contributed by atoms with Gasteiger partial charge in [-0.15, -0.1) is 23.5 Å². The molecule has 88 valence electrons. The first-order valence-electron chi connectivity index (χ1n) is 5.29. The van der Waals surface area contributed by atoms with E-state index in [0.29, 0.717) is 0 Å². The zero-order chi connectivity index (χ0) is 12.1. The fraction of sp³-hybridized carbons (Fsp3) is 0.143. The molecule has 3 heteroatoms. The van der Waals surface area contributed by atoms with Crippen LogP contribution >= 0.6 is 35.3 Å². The summed E-state index contributed by atoms with van der Waals surface area (Å²) in [5.74, 6) is 0. The van der Waals surface area contributed by atoms with Gasteiger partial charge in [0.2, 0.25) is 0 Å². The lowest BCUT2D eigenvalue weighted by molar-refractivity contribution is 1.21. The quantitative estimate of drug-likeness (QED) is 0.698. The number of thioether (sulfide) groups is 2. The van der Waals surface area contributed by atoms with E-state index in [0.717, 1.165) is 0 Å². The Hall–Kier alpha value is -0.510. The first-order valence-corrected chi connectivity index (χ1v) is 8.55. The van der Waals surface area contributed by atoms with E-state index in [2.05, 4.69) is 61.0 Å². The third-order valence-corrected chi connectivity index (χ3v) is 5.36. The maximum absolute atomic E-state index is 2.19. The average molecular weight is 278 g/mol. The van der Waals surface area contributed by atoms with Crippen molar-refractivity contribution in [1.29, 1.82) is 0 Å². The van der Waals surface area contributed by atoms with Crippen molar-refractivity contribution in [2.24, 2.45) is 0 Å². The molecule has 2 aromatic carbocycles. The summed E-state index contributed by atoms with van der Waals surface area (Å²) in [5, 5.41) is 0. The van der Waals surface area contributed by atoms with Gasteiger partial charge in [-0.2, -0.15) is 0 Å². The zero-order valence-corrected chi connectivity index (χ0v) is 12.3. The van der Waals surface area contributed by atoms with Gasteiger partial charge in [-0.3, -0.25) is 0 Å². The fourth-order valence-corrected chi connectivity index (χ4v) is 4.11. The van der Waals surface area contributed by atoms with Crippen LogP contribution in [0.25, 0.3) is 0 Å². The lowest BCUT2D eigenvalue weighted by Crippen LogP contribution is -1.80. The Kier molecular flexibility index (Phi) is 4.89. The Morgan fingerprint density at radius 2 is 0.941 bits per heavy atom. The third-order valence-electron chi connectivity index (χ3n) is 2.36. The molecule has 0 saturated carbocycles. The van der Waals surface area contributed by atoms with Crippen molar-refractivity contribution >= 4 is 35.3 Å². The van der Waals surface area contributed by atoms with Gasteiger partial charge in [0.25, 0.3) is 0 Å². The van der Waals surface area contributed by atoms with Gasteiger partial charge in [-0.25, -0.2) is 0 Å². The third kappa shape index (κ3) is 3.24. The Bertz CT molecular complexity index is 449. The summed E-state index contributed by atoms with van der Waals surface area (Å²) < 4.78 is 0. The summed E-state index contributed by atoms with van der Waals surface area (Å²) >= 11 is 5.45. The molecule has 0 atom stereocenters. The molecule has 0 nitrogen and oxygen atoms in total. The molecule has 0 unspecified atom stereocenters. The minimum atomic E-state index is 1.33. The van der Waals surface area contributed by atoms with E-state index >= 15 is 0 Å². The van der Waals surface area contributed by atoms with E-state index in [4.69, 9.17) is 0 Å². The molecule has 0 N–H and O–H groups in total. The number of rotatable bonds is 4. The predicted octanol–water partition coefficient (Wildman–Crippen LogP) is 5.28. The summed E-state index contributed by atoms with van der Waals surface area (Å²) in [6.45, 7) is 0. The molecule has 0 heterocycles. The van der Waals surface area contributed by atoms with Gasteiger partial charge >= 0.3 is 0 Å². The summed E-state index contributed by atoms with van der Waals surface area (Å²) in [4.78, 5) is 5.35. The largest absolute Gasteiger partial charge is 0.128 e. The second-order valence-electron chi connectivity index (χ2n) is 3.40. The molecule has 2 aromatic rings. The number of hydrogen-bond donors (Lipinski definition) is 0. The Morgan fingerprint density at radius 1 is 0.588 bits per heavy atom. The van der Waals surface area contributed by atoms with E-state index in [1.54, 1.807) is 23.5 Å². The van der Waals surface area contributed by atoms with Crippen molar-refractivity contribution in [2.45, 2.75) is 19.6 Å². The molecular formula is C14H14S3. The molecule has 0 fully saturated rings. The maximum atomic E-state index is 2.19. The summed E-state index contributed by atoms with van der Waals surface area (Å²) in [5.41, 5.74) is 0. The van der Waals surface area contributed by atoms with Crippen LogP contribution in [-0.4, -0.2) is 12.5 Å². The molecule has 0 aliphatic heterocycles. The lowest BCUT2D eigenvalue weighted by atomic mass is 10.4. The van der Waals surface area contributed by atoms with Crippen LogP contribution in [0.15, 0.2) is 68.1 Å². The fourth-order valence-electron chi connectivity index (χ4n) is 1.52. The normalized spacial score (nSPS) is 10.5. The predicted molar refractivity (Wildman–Crippen MR) is 80.6 cm³/mol. The lowest BCUT2D eigenvalue weighted by Gasteiger charge is -2.09. The summed E-state index contributed by atoms with van der Waals surface area (Å²) in [6.07, 6.45) is 4.25. The van der Waals surface area contributed by atoms with Crippen molar-refractivity contribution < 1.29 is 0 Å². The molecule has 0 aromatic heterocycles. The van der Waals surface area contributed by atoms with E-state index in [9.17, 15) is 0 Å². The van der Waals surface area contributed by atoms with E-state index in [-0.39, 0.29) is 0 Å². The van der Waals surface area contributed by atoms with E-state index < -0.39 is 0 Å². The van der Waals surface area contributed by atoms with Crippen LogP contribution in [0.3, 0.4) is 0 Å². The standard InChI is InChI=1S/C14H14S3/c1-15-11-7-3-5-9-13(11)17-14-10-6-4-8-12(14)16-2/h3-10H,1-2H3. The molecule has 17 heavy (non-hydrogen) atoms. The van der Waals surface area contributed by atoms with Gasteiger partial charge < -0.3 is 0 Å². The molecule has 0 spiro atoms. The highest BCUT2D eigenvalue weighted by atomic mass is 32.2. The van der Waals surface area contributed by atoms with Crippen molar-refractivity contribution in [2.75, 3.05) is 12.5 Å². The van der Waals surface area contributed by atoms with Crippen LogP contribution in [0.5, 0.6) is 0 Å². The minimum Gasteiger partial charge on any atom is -0.128 e. The molecule has 0 aliphatic carbocycles. The molecule has 0 bridgehead atoms. The molecule has 0 saturated heterocycles. The summed E-state index contributed by atoms with van der Waals surface area (Å²) in [6, 6.07) is 17.1. The highest BCUT2D eigenvalue weighted by molar-refractivity contribution is 8.03. The highest BCUT2D eigenvalue weighted by Gasteiger charge is 2.06. The van der Waals surface area contributed by atoms with Gasteiger partial charge in [-0.1, -0.05) is 36.0 Å². The Balaban J connectivity index is 2.31. The van der Waals surface area contributed by atoms with Gasteiger partial charge in [0.05, 0.1) is 0 Å². The minimum absolute atomic E-state index is 1.33. The second-order valence-corrected chi connectivity index (χ2v) is 6.18. The summed E-state index contributed by atoms with van der Waals surface area (Å²) in [7, 11) is 0. The van der Waals surface area contributed by atoms with Crippen LogP contribution in [0.2, 0.25) is 0 Å². The smallest absolute Gasteiger partial charge is 0.0258 e. The van der Waals surface area contributed by atoms with Crippen LogP contribution < -0.4 is 0 Å². The van der Waals surface area contributed by atoms with Crippen molar-refractivity contribution in [1.82, 2.24) is 0 Å². The average Bonchev–Trinajstić information content (AvgIpc) is 2.40. The van der Waals surface area contributed by atoms with Crippen LogP contribution in [0.1, 0.15) is 0 Å². The Morgan fingerprint density at radius 3 is 1.29 bits per heavy atom. The van der Waals surface area contributed by atoms with Crippen molar-refractivity contribution in [3.8, 4) is 0 Å². The first kappa shape index (κ1) is 12.9. The molecule has 0 aliphatic rings. The molecule has 0 amide bonds.